The van der Waals surface area contributed by atoms with E-state index in [1.54, 1.807) is 6.20 Å². The maximum atomic E-state index is 10.6. The molecule has 0 saturated heterocycles. The van der Waals surface area contributed by atoms with E-state index in [-0.39, 0.29) is 0 Å². The second-order valence-corrected chi connectivity index (χ2v) is 2.66. The average molecular weight is 183 g/mol. The zero-order chi connectivity index (χ0) is 9.68. The molecule has 0 unspecified atom stereocenters. The van der Waals surface area contributed by atoms with Crippen molar-refractivity contribution >= 4 is 6.09 Å². The van der Waals surface area contributed by atoms with E-state index < -0.39 is 6.09 Å². The lowest BCUT2D eigenvalue weighted by Crippen LogP contribution is -2.25. The number of amides is 1. The van der Waals surface area contributed by atoms with Crippen molar-refractivity contribution in [1.82, 2.24) is 15.3 Å². The quantitative estimate of drug-likeness (QED) is 0.721. The van der Waals surface area contributed by atoms with Gasteiger partial charge in [0.05, 0.1) is 7.11 Å². The first-order chi connectivity index (χ1) is 6.22. The second-order valence-electron chi connectivity index (χ2n) is 2.66. The van der Waals surface area contributed by atoms with Gasteiger partial charge in [0, 0.05) is 24.9 Å². The van der Waals surface area contributed by atoms with Gasteiger partial charge in [-0.15, -0.1) is 0 Å². The van der Waals surface area contributed by atoms with Crippen molar-refractivity contribution in [3.63, 3.8) is 0 Å². The summed E-state index contributed by atoms with van der Waals surface area (Å²) in [6, 6.07) is 0. The fraction of sp³-hybridized carbons (Fsp3) is 0.500. The summed E-state index contributed by atoms with van der Waals surface area (Å²) in [5.74, 6) is 0.882. The van der Waals surface area contributed by atoms with E-state index in [1.165, 1.54) is 7.11 Å². The van der Waals surface area contributed by atoms with Gasteiger partial charge in [-0.05, 0) is 6.92 Å². The number of H-pyrrole nitrogens is 1. The molecule has 0 aromatic carbocycles. The van der Waals surface area contributed by atoms with Gasteiger partial charge in [0.25, 0.3) is 0 Å². The number of carbonyl (C=O) groups is 1. The minimum atomic E-state index is -0.406. The minimum Gasteiger partial charge on any atom is -0.453 e. The molecule has 5 nitrogen and oxygen atoms in total. The van der Waals surface area contributed by atoms with E-state index in [9.17, 15) is 4.79 Å². The van der Waals surface area contributed by atoms with Crippen molar-refractivity contribution in [2.24, 2.45) is 0 Å². The van der Waals surface area contributed by atoms with Crippen LogP contribution in [0.5, 0.6) is 0 Å². The highest BCUT2D eigenvalue weighted by Gasteiger charge is 1.99. The Labute approximate surface area is 76.5 Å². The molecule has 1 aromatic heterocycles. The zero-order valence-corrected chi connectivity index (χ0v) is 7.76. The highest BCUT2D eigenvalue weighted by atomic mass is 16.5. The molecule has 0 spiro atoms. The molecule has 0 bridgehead atoms. The SMILES string of the molecule is COC(=O)NCCc1cnc(C)[nH]1. The molecule has 0 saturated carbocycles. The summed E-state index contributed by atoms with van der Waals surface area (Å²) in [5, 5.41) is 2.58. The predicted molar refractivity (Wildman–Crippen MR) is 47.4 cm³/mol. The number of nitrogens with one attached hydrogen (secondary N) is 2. The van der Waals surface area contributed by atoms with Crippen LogP contribution < -0.4 is 5.32 Å². The molecule has 1 rings (SSSR count). The van der Waals surface area contributed by atoms with E-state index in [0.29, 0.717) is 6.54 Å². The van der Waals surface area contributed by atoms with Crippen molar-refractivity contribution in [1.29, 1.82) is 0 Å². The van der Waals surface area contributed by atoms with Crippen LogP contribution >= 0.6 is 0 Å². The number of aromatic amines is 1. The van der Waals surface area contributed by atoms with Crippen LogP contribution in [-0.4, -0.2) is 29.7 Å². The normalized spacial score (nSPS) is 9.69. The monoisotopic (exact) mass is 183 g/mol. The second kappa shape index (κ2) is 4.49. The topological polar surface area (TPSA) is 67.0 Å². The predicted octanol–water partition coefficient (Wildman–Crippen LogP) is 0.617. The molecule has 0 fully saturated rings. The molecule has 1 aromatic rings. The minimum absolute atomic E-state index is 0.406. The van der Waals surface area contributed by atoms with Crippen molar-refractivity contribution in [3.05, 3.63) is 17.7 Å². The number of aromatic nitrogens is 2. The first-order valence-electron chi connectivity index (χ1n) is 4.04. The van der Waals surface area contributed by atoms with Gasteiger partial charge >= 0.3 is 6.09 Å². The fourth-order valence-corrected chi connectivity index (χ4v) is 0.970. The molecule has 72 valence electrons. The van der Waals surface area contributed by atoms with Gasteiger partial charge in [-0.25, -0.2) is 9.78 Å². The van der Waals surface area contributed by atoms with Gasteiger partial charge in [0.15, 0.2) is 0 Å². The van der Waals surface area contributed by atoms with Crippen LogP contribution in [0, 0.1) is 6.92 Å². The number of carbonyl (C=O) groups excluding carboxylic acids is 1. The number of imidazole rings is 1. The molecule has 5 heteroatoms. The lowest BCUT2D eigenvalue weighted by atomic mass is 10.3. The van der Waals surface area contributed by atoms with Crippen LogP contribution in [0.25, 0.3) is 0 Å². The highest BCUT2D eigenvalue weighted by Crippen LogP contribution is 1.95. The molecular weight excluding hydrogens is 170 g/mol. The molecule has 2 N–H and O–H groups in total. The summed E-state index contributed by atoms with van der Waals surface area (Å²) in [6.07, 6.45) is 2.08. The summed E-state index contributed by atoms with van der Waals surface area (Å²) in [6.45, 7) is 2.44. The summed E-state index contributed by atoms with van der Waals surface area (Å²) in [7, 11) is 1.34. The maximum absolute atomic E-state index is 10.6. The standard InChI is InChI=1S/C8H13N3O2/c1-6-10-5-7(11-6)3-4-9-8(12)13-2/h5H,3-4H2,1-2H3,(H,9,12)(H,10,11). The lowest BCUT2D eigenvalue weighted by molar-refractivity contribution is 0.171. The van der Waals surface area contributed by atoms with Gasteiger partial charge in [-0.2, -0.15) is 0 Å². The molecule has 0 aliphatic rings. The molecule has 0 radical (unpaired) electrons. The number of nitrogens with zero attached hydrogens (tertiary/aromatic N) is 1. The van der Waals surface area contributed by atoms with Gasteiger partial charge < -0.3 is 15.0 Å². The Bertz CT molecular complexity index is 283. The van der Waals surface area contributed by atoms with E-state index in [2.05, 4.69) is 20.0 Å². The Morgan fingerprint density at radius 3 is 3.08 bits per heavy atom. The number of rotatable bonds is 3. The van der Waals surface area contributed by atoms with Crippen LogP contribution in [-0.2, 0) is 11.2 Å². The maximum Gasteiger partial charge on any atom is 0.406 e. The van der Waals surface area contributed by atoms with E-state index >= 15 is 0 Å². The molecule has 0 aliphatic carbocycles. The third kappa shape index (κ3) is 3.14. The summed E-state index contributed by atoms with van der Waals surface area (Å²) in [4.78, 5) is 17.7. The first-order valence-corrected chi connectivity index (χ1v) is 4.04. The van der Waals surface area contributed by atoms with Gasteiger partial charge in [0.2, 0.25) is 0 Å². The Morgan fingerprint density at radius 1 is 1.77 bits per heavy atom. The number of methoxy groups -OCH3 is 1. The fourth-order valence-electron chi connectivity index (χ4n) is 0.970. The largest absolute Gasteiger partial charge is 0.453 e. The van der Waals surface area contributed by atoms with E-state index in [0.717, 1.165) is 17.9 Å². The van der Waals surface area contributed by atoms with Crippen molar-refractivity contribution < 1.29 is 9.53 Å². The van der Waals surface area contributed by atoms with Crippen molar-refractivity contribution in [3.8, 4) is 0 Å². The Morgan fingerprint density at radius 2 is 2.54 bits per heavy atom. The molecule has 1 heterocycles. The third-order valence-corrected chi connectivity index (χ3v) is 1.60. The first kappa shape index (κ1) is 9.57. The van der Waals surface area contributed by atoms with Crippen molar-refractivity contribution in [2.75, 3.05) is 13.7 Å². The van der Waals surface area contributed by atoms with Gasteiger partial charge in [0.1, 0.15) is 5.82 Å². The summed E-state index contributed by atoms with van der Waals surface area (Å²) >= 11 is 0. The van der Waals surface area contributed by atoms with E-state index in [1.807, 2.05) is 6.92 Å². The van der Waals surface area contributed by atoms with E-state index in [4.69, 9.17) is 0 Å². The van der Waals surface area contributed by atoms with Crippen molar-refractivity contribution in [2.45, 2.75) is 13.3 Å². The number of hydrogen-bond donors (Lipinski definition) is 2. The number of ether oxygens (including phenoxy) is 1. The number of aryl methyl sites for hydroxylation is 1. The van der Waals surface area contributed by atoms with Crippen LogP contribution in [0.4, 0.5) is 4.79 Å². The average Bonchev–Trinajstić information content (AvgIpc) is 2.51. The summed E-state index contributed by atoms with van der Waals surface area (Å²) < 4.78 is 4.42. The number of alkyl carbamates (subject to hydrolysis) is 1. The Kier molecular flexibility index (Phi) is 3.31. The molecule has 0 aliphatic heterocycles. The Hall–Kier alpha value is -1.52. The third-order valence-electron chi connectivity index (χ3n) is 1.60. The highest BCUT2D eigenvalue weighted by molar-refractivity contribution is 5.66. The smallest absolute Gasteiger partial charge is 0.406 e. The van der Waals surface area contributed by atoms with Crippen LogP contribution in [0.3, 0.4) is 0 Å². The Balaban J connectivity index is 2.24. The van der Waals surface area contributed by atoms with Crippen LogP contribution in [0.2, 0.25) is 0 Å². The van der Waals surface area contributed by atoms with Gasteiger partial charge in [-0.3, -0.25) is 0 Å². The molecular formula is C8H13N3O2. The molecule has 13 heavy (non-hydrogen) atoms. The van der Waals surface area contributed by atoms with Crippen LogP contribution in [0.1, 0.15) is 11.5 Å². The van der Waals surface area contributed by atoms with Gasteiger partial charge in [-0.1, -0.05) is 0 Å². The zero-order valence-electron chi connectivity index (χ0n) is 7.76. The summed E-state index contributed by atoms with van der Waals surface area (Å²) in [5.41, 5.74) is 1.01. The molecule has 0 atom stereocenters. The number of hydrogen-bond acceptors (Lipinski definition) is 3. The van der Waals surface area contributed by atoms with Crippen LogP contribution in [0.15, 0.2) is 6.20 Å². The molecule has 1 amide bonds. The lowest BCUT2D eigenvalue weighted by Gasteiger charge is -2.00.